The van der Waals surface area contributed by atoms with Gasteiger partial charge in [0.25, 0.3) is 0 Å². The standard InChI is InChI=1S/C27H24ClN5O/c1-32(2)26-24(18-8-5-4-6-9-18)25(28)21-14-19(11-12-22(21)31-26)27(34,20-10-7-13-29-15-20)23-16-30-17-33(23)3/h4-17,34H,1-3H3. The van der Waals surface area contributed by atoms with E-state index in [0.29, 0.717) is 21.8 Å². The summed E-state index contributed by atoms with van der Waals surface area (Å²) in [6.45, 7) is 0. The molecule has 7 heteroatoms. The summed E-state index contributed by atoms with van der Waals surface area (Å²) in [5.41, 5.74) is 3.00. The fourth-order valence-electron chi connectivity index (χ4n) is 4.37. The second-order valence-corrected chi connectivity index (χ2v) is 8.84. The Balaban J connectivity index is 1.81. The van der Waals surface area contributed by atoms with Crippen molar-refractivity contribution in [3.63, 3.8) is 0 Å². The molecule has 6 nitrogen and oxygen atoms in total. The highest BCUT2D eigenvalue weighted by Gasteiger charge is 2.37. The van der Waals surface area contributed by atoms with Gasteiger partial charge in [0.1, 0.15) is 5.82 Å². The number of fused-ring (bicyclic) bond motifs is 1. The number of hydrogen-bond acceptors (Lipinski definition) is 5. The van der Waals surface area contributed by atoms with E-state index < -0.39 is 5.60 Å². The summed E-state index contributed by atoms with van der Waals surface area (Å²) < 4.78 is 1.81. The largest absolute Gasteiger partial charge is 0.374 e. The van der Waals surface area contributed by atoms with Gasteiger partial charge in [-0.05, 0) is 29.3 Å². The normalized spacial score (nSPS) is 13.1. The number of imidazole rings is 1. The molecule has 0 amide bonds. The van der Waals surface area contributed by atoms with E-state index in [4.69, 9.17) is 16.6 Å². The van der Waals surface area contributed by atoms with Crippen LogP contribution in [0.25, 0.3) is 22.0 Å². The minimum Gasteiger partial charge on any atom is -0.374 e. The van der Waals surface area contributed by atoms with Crippen molar-refractivity contribution in [3.8, 4) is 11.1 Å². The number of anilines is 1. The van der Waals surface area contributed by atoms with Crippen LogP contribution in [0.5, 0.6) is 0 Å². The maximum Gasteiger partial charge on any atom is 0.158 e. The van der Waals surface area contributed by atoms with Gasteiger partial charge in [0, 0.05) is 50.0 Å². The van der Waals surface area contributed by atoms with E-state index in [1.165, 1.54) is 0 Å². The van der Waals surface area contributed by atoms with E-state index in [1.807, 2.05) is 91.3 Å². The molecule has 1 atom stereocenters. The molecule has 0 spiro atoms. The number of rotatable bonds is 5. The highest BCUT2D eigenvalue weighted by molar-refractivity contribution is 6.38. The summed E-state index contributed by atoms with van der Waals surface area (Å²) >= 11 is 7.07. The van der Waals surface area contributed by atoms with Gasteiger partial charge in [-0.2, -0.15) is 0 Å². The number of nitrogens with zero attached hydrogens (tertiary/aromatic N) is 5. The third kappa shape index (κ3) is 3.52. The molecule has 0 saturated carbocycles. The third-order valence-electron chi connectivity index (χ3n) is 6.07. The van der Waals surface area contributed by atoms with Gasteiger partial charge in [-0.25, -0.2) is 9.97 Å². The maximum atomic E-state index is 12.2. The van der Waals surface area contributed by atoms with Crippen molar-refractivity contribution in [1.29, 1.82) is 0 Å². The zero-order chi connectivity index (χ0) is 23.9. The first kappa shape index (κ1) is 22.1. The van der Waals surface area contributed by atoms with Gasteiger partial charge in [-0.3, -0.25) is 4.98 Å². The molecule has 0 aliphatic rings. The summed E-state index contributed by atoms with van der Waals surface area (Å²) in [5, 5.41) is 13.5. The number of benzene rings is 2. The zero-order valence-electron chi connectivity index (χ0n) is 19.1. The monoisotopic (exact) mass is 469 g/mol. The minimum atomic E-state index is -1.48. The molecule has 0 radical (unpaired) electrons. The quantitative estimate of drug-likeness (QED) is 0.391. The minimum absolute atomic E-state index is 0.584. The smallest absolute Gasteiger partial charge is 0.158 e. The number of hydrogen-bond donors (Lipinski definition) is 1. The van der Waals surface area contributed by atoms with E-state index in [2.05, 4.69) is 9.97 Å². The Labute approximate surface area is 203 Å². The first-order valence-corrected chi connectivity index (χ1v) is 11.2. The van der Waals surface area contributed by atoms with Gasteiger partial charge in [-0.1, -0.05) is 54.1 Å². The molecule has 170 valence electrons. The highest BCUT2D eigenvalue weighted by atomic mass is 35.5. The predicted octanol–water partition coefficient (Wildman–Crippen LogP) is 5.03. The summed E-state index contributed by atoms with van der Waals surface area (Å²) in [6.07, 6.45) is 6.69. The number of aryl methyl sites for hydroxylation is 1. The SMILES string of the molecule is CN(C)c1nc2ccc(C(O)(c3cccnc3)c3cncn3C)cc2c(Cl)c1-c1ccccc1. The average Bonchev–Trinajstić information content (AvgIpc) is 3.30. The van der Waals surface area contributed by atoms with Gasteiger partial charge in [0.2, 0.25) is 0 Å². The number of halogens is 1. The van der Waals surface area contributed by atoms with Crippen molar-refractivity contribution in [3.05, 3.63) is 107 Å². The van der Waals surface area contributed by atoms with Crippen molar-refractivity contribution in [1.82, 2.24) is 19.5 Å². The molecule has 0 fully saturated rings. The van der Waals surface area contributed by atoms with Gasteiger partial charge >= 0.3 is 0 Å². The number of pyridine rings is 2. The summed E-state index contributed by atoms with van der Waals surface area (Å²) in [4.78, 5) is 15.4. The summed E-state index contributed by atoms with van der Waals surface area (Å²) in [7, 11) is 5.76. The van der Waals surface area contributed by atoms with Crippen LogP contribution in [-0.4, -0.2) is 38.7 Å². The lowest BCUT2D eigenvalue weighted by molar-refractivity contribution is 0.117. The summed E-state index contributed by atoms with van der Waals surface area (Å²) in [6, 6.07) is 19.3. The van der Waals surface area contributed by atoms with Crippen LogP contribution in [0.3, 0.4) is 0 Å². The second kappa shape index (κ2) is 8.56. The van der Waals surface area contributed by atoms with E-state index in [9.17, 15) is 5.11 Å². The lowest BCUT2D eigenvalue weighted by atomic mass is 9.83. The molecule has 0 saturated heterocycles. The average molecular weight is 470 g/mol. The first-order chi connectivity index (χ1) is 16.4. The van der Waals surface area contributed by atoms with E-state index in [-0.39, 0.29) is 0 Å². The molecule has 0 bridgehead atoms. The molecule has 5 aromatic rings. The Morgan fingerprint density at radius 3 is 2.38 bits per heavy atom. The Morgan fingerprint density at radius 2 is 1.74 bits per heavy atom. The van der Waals surface area contributed by atoms with Crippen molar-refractivity contribution >= 4 is 28.3 Å². The molecule has 5 rings (SSSR count). The van der Waals surface area contributed by atoms with Crippen LogP contribution in [-0.2, 0) is 12.6 Å². The fraction of sp³-hybridized carbons (Fsp3) is 0.148. The molecular formula is C27H24ClN5O. The lowest BCUT2D eigenvalue weighted by Gasteiger charge is -2.30. The van der Waals surface area contributed by atoms with Crippen molar-refractivity contribution in [2.75, 3.05) is 19.0 Å². The topological polar surface area (TPSA) is 67.1 Å². The van der Waals surface area contributed by atoms with Crippen LogP contribution >= 0.6 is 11.6 Å². The van der Waals surface area contributed by atoms with Crippen LogP contribution in [0.2, 0.25) is 5.02 Å². The Kier molecular flexibility index (Phi) is 5.55. The van der Waals surface area contributed by atoms with E-state index in [1.54, 1.807) is 24.9 Å². The molecule has 1 unspecified atom stereocenters. The highest BCUT2D eigenvalue weighted by Crippen LogP contribution is 2.42. The van der Waals surface area contributed by atoms with Crippen LogP contribution in [0.1, 0.15) is 16.8 Å². The molecular weight excluding hydrogens is 446 g/mol. The fourth-order valence-corrected chi connectivity index (χ4v) is 4.71. The molecule has 34 heavy (non-hydrogen) atoms. The first-order valence-electron chi connectivity index (χ1n) is 10.9. The van der Waals surface area contributed by atoms with Gasteiger partial charge in [0.05, 0.1) is 28.8 Å². The molecule has 1 N–H and O–H groups in total. The predicted molar refractivity (Wildman–Crippen MR) is 136 cm³/mol. The molecule has 3 heterocycles. The lowest BCUT2D eigenvalue weighted by Crippen LogP contribution is -2.31. The molecule has 0 aliphatic heterocycles. The van der Waals surface area contributed by atoms with Crippen molar-refractivity contribution in [2.45, 2.75) is 5.60 Å². The molecule has 0 aliphatic carbocycles. The maximum absolute atomic E-state index is 12.2. The van der Waals surface area contributed by atoms with E-state index in [0.717, 1.165) is 27.8 Å². The van der Waals surface area contributed by atoms with Crippen LogP contribution in [0.15, 0.2) is 85.6 Å². The Hall–Kier alpha value is -3.74. The van der Waals surface area contributed by atoms with Crippen molar-refractivity contribution in [2.24, 2.45) is 7.05 Å². The Bertz CT molecular complexity index is 1470. The van der Waals surface area contributed by atoms with Crippen LogP contribution in [0.4, 0.5) is 5.82 Å². The van der Waals surface area contributed by atoms with Gasteiger partial charge in [0.15, 0.2) is 5.60 Å². The zero-order valence-corrected chi connectivity index (χ0v) is 19.9. The van der Waals surface area contributed by atoms with Crippen molar-refractivity contribution < 1.29 is 5.11 Å². The Morgan fingerprint density at radius 1 is 0.941 bits per heavy atom. The van der Waals surface area contributed by atoms with Crippen LogP contribution in [0, 0.1) is 0 Å². The second-order valence-electron chi connectivity index (χ2n) is 8.46. The van der Waals surface area contributed by atoms with Crippen LogP contribution < -0.4 is 4.90 Å². The number of aromatic nitrogens is 4. The third-order valence-corrected chi connectivity index (χ3v) is 6.47. The molecule has 3 aromatic heterocycles. The van der Waals surface area contributed by atoms with Gasteiger partial charge < -0.3 is 14.6 Å². The number of aliphatic hydroxyl groups is 1. The van der Waals surface area contributed by atoms with Gasteiger partial charge in [-0.15, -0.1) is 0 Å². The molecule has 2 aromatic carbocycles. The van der Waals surface area contributed by atoms with E-state index >= 15 is 0 Å². The summed E-state index contributed by atoms with van der Waals surface area (Å²) in [5.74, 6) is 0.783.